The molecule has 0 N–H and O–H groups in total. The fourth-order valence-electron chi connectivity index (χ4n) is 3.24. The van der Waals surface area contributed by atoms with Crippen LogP contribution in [0.25, 0.3) is 28.5 Å². The normalized spacial score (nSPS) is 11.9. The Hall–Kier alpha value is -3.72. The maximum absolute atomic E-state index is 13.8. The van der Waals surface area contributed by atoms with Crippen LogP contribution in [0.2, 0.25) is 5.02 Å². The lowest BCUT2D eigenvalue weighted by Crippen LogP contribution is -2.13. The van der Waals surface area contributed by atoms with E-state index in [1.54, 1.807) is 42.5 Å². The molecule has 0 amide bonds. The van der Waals surface area contributed by atoms with Gasteiger partial charge in [-0.1, -0.05) is 54.1 Å². The highest BCUT2D eigenvalue weighted by Gasteiger charge is 2.35. The SMILES string of the molecule is FC(F)(F)c1cc(-c2ccccc2)nc2cc(-c3nnc(Cc4ccc(Cl)cc4)o3)nn12. The predicted molar refractivity (Wildman–Crippen MR) is 111 cm³/mol. The van der Waals surface area contributed by atoms with Crippen LogP contribution < -0.4 is 0 Å². The van der Waals surface area contributed by atoms with E-state index in [0.717, 1.165) is 16.1 Å². The maximum Gasteiger partial charge on any atom is 0.433 e. The molecule has 0 unspecified atom stereocenters. The molecule has 0 atom stereocenters. The Morgan fingerprint density at radius 3 is 2.38 bits per heavy atom. The minimum Gasteiger partial charge on any atom is -0.419 e. The van der Waals surface area contributed by atoms with Crippen LogP contribution in [-0.4, -0.2) is 24.8 Å². The van der Waals surface area contributed by atoms with Gasteiger partial charge in [0.05, 0.1) is 12.1 Å². The number of rotatable bonds is 4. The summed E-state index contributed by atoms with van der Waals surface area (Å²) >= 11 is 5.88. The van der Waals surface area contributed by atoms with E-state index in [-0.39, 0.29) is 22.9 Å². The number of nitrogens with zero attached hydrogens (tertiary/aromatic N) is 5. The van der Waals surface area contributed by atoms with Crippen LogP contribution in [0.3, 0.4) is 0 Å². The third-order valence-corrected chi connectivity index (χ3v) is 4.99. The summed E-state index contributed by atoms with van der Waals surface area (Å²) in [5, 5.41) is 12.6. The predicted octanol–water partition coefficient (Wildman–Crippen LogP) is 5.71. The van der Waals surface area contributed by atoms with Gasteiger partial charge in [0.15, 0.2) is 17.0 Å². The lowest BCUT2D eigenvalue weighted by Gasteiger charge is -2.10. The van der Waals surface area contributed by atoms with E-state index in [4.69, 9.17) is 16.0 Å². The Morgan fingerprint density at radius 2 is 1.66 bits per heavy atom. The summed E-state index contributed by atoms with van der Waals surface area (Å²) in [6, 6.07) is 18.1. The molecule has 0 fully saturated rings. The molecule has 0 aliphatic carbocycles. The molecule has 6 nitrogen and oxygen atoms in total. The first-order chi connectivity index (χ1) is 15.4. The summed E-state index contributed by atoms with van der Waals surface area (Å²) in [7, 11) is 0. The van der Waals surface area contributed by atoms with Gasteiger partial charge < -0.3 is 4.42 Å². The molecular weight excluding hydrogens is 443 g/mol. The first-order valence-electron chi connectivity index (χ1n) is 9.47. The van der Waals surface area contributed by atoms with E-state index in [1.807, 2.05) is 12.1 Å². The Balaban J connectivity index is 1.54. The Labute approximate surface area is 184 Å². The first kappa shape index (κ1) is 20.2. The molecule has 10 heteroatoms. The van der Waals surface area contributed by atoms with Crippen molar-refractivity contribution in [2.24, 2.45) is 0 Å². The molecule has 2 aromatic carbocycles. The standard InChI is InChI=1S/C22H13ClF3N5O/c23-15-8-6-13(7-9-15)10-20-28-29-21(32-20)17-12-19-27-16(14-4-2-1-3-5-14)11-18(22(24,25)26)31(19)30-17/h1-9,11-12H,10H2. The van der Waals surface area contributed by atoms with Gasteiger partial charge in [0, 0.05) is 16.7 Å². The van der Waals surface area contributed by atoms with Gasteiger partial charge in [-0.2, -0.15) is 18.3 Å². The molecule has 5 rings (SSSR count). The van der Waals surface area contributed by atoms with Gasteiger partial charge in [-0.05, 0) is 23.8 Å². The fourth-order valence-corrected chi connectivity index (χ4v) is 3.37. The van der Waals surface area contributed by atoms with E-state index < -0.39 is 11.9 Å². The van der Waals surface area contributed by atoms with Crippen LogP contribution in [0.4, 0.5) is 13.2 Å². The zero-order valence-electron chi connectivity index (χ0n) is 16.2. The Morgan fingerprint density at radius 1 is 0.906 bits per heavy atom. The molecule has 0 saturated heterocycles. The summed E-state index contributed by atoms with van der Waals surface area (Å²) in [5.41, 5.74) is 0.813. The largest absolute Gasteiger partial charge is 0.433 e. The van der Waals surface area contributed by atoms with Crippen LogP contribution in [0.5, 0.6) is 0 Å². The maximum atomic E-state index is 13.8. The zero-order valence-corrected chi connectivity index (χ0v) is 17.0. The third-order valence-electron chi connectivity index (χ3n) is 4.74. The van der Waals surface area contributed by atoms with E-state index in [2.05, 4.69) is 20.3 Å². The minimum absolute atomic E-state index is 0.00819. The van der Waals surface area contributed by atoms with Crippen LogP contribution in [0, 0.1) is 0 Å². The topological polar surface area (TPSA) is 69.1 Å². The number of hydrogen-bond acceptors (Lipinski definition) is 5. The molecule has 5 aromatic rings. The van der Waals surface area contributed by atoms with E-state index in [0.29, 0.717) is 22.9 Å². The Bertz CT molecular complexity index is 1400. The molecule has 0 saturated carbocycles. The second-order valence-electron chi connectivity index (χ2n) is 6.99. The number of fused-ring (bicyclic) bond motifs is 1. The van der Waals surface area contributed by atoms with Gasteiger partial charge in [0.1, 0.15) is 0 Å². The van der Waals surface area contributed by atoms with Crippen molar-refractivity contribution in [1.29, 1.82) is 0 Å². The van der Waals surface area contributed by atoms with E-state index >= 15 is 0 Å². The number of alkyl halides is 3. The Kier molecular flexibility index (Phi) is 4.90. The highest BCUT2D eigenvalue weighted by atomic mass is 35.5. The monoisotopic (exact) mass is 455 g/mol. The molecular formula is C22H13ClF3N5O. The van der Waals surface area contributed by atoms with E-state index in [9.17, 15) is 13.2 Å². The van der Waals surface area contributed by atoms with Crippen molar-refractivity contribution >= 4 is 17.2 Å². The minimum atomic E-state index is -4.64. The lowest BCUT2D eigenvalue weighted by atomic mass is 10.1. The second kappa shape index (κ2) is 7.76. The van der Waals surface area contributed by atoms with Gasteiger partial charge in [-0.3, -0.25) is 0 Å². The van der Waals surface area contributed by atoms with Crippen molar-refractivity contribution in [2.45, 2.75) is 12.6 Å². The molecule has 3 heterocycles. The third kappa shape index (κ3) is 3.94. The molecule has 0 aliphatic heterocycles. The fraction of sp³-hybridized carbons (Fsp3) is 0.0909. The summed E-state index contributed by atoms with van der Waals surface area (Å²) in [4.78, 5) is 4.35. The lowest BCUT2D eigenvalue weighted by molar-refractivity contribution is -0.142. The number of aromatic nitrogens is 5. The molecule has 0 aliphatic rings. The van der Waals surface area contributed by atoms with Crippen molar-refractivity contribution in [3.05, 3.63) is 88.9 Å². The van der Waals surface area contributed by atoms with Crippen molar-refractivity contribution in [1.82, 2.24) is 24.8 Å². The number of hydrogen-bond donors (Lipinski definition) is 0. The van der Waals surface area contributed by atoms with Gasteiger partial charge in [0.2, 0.25) is 5.89 Å². The van der Waals surface area contributed by atoms with Crippen molar-refractivity contribution in [2.75, 3.05) is 0 Å². The highest BCUT2D eigenvalue weighted by Crippen LogP contribution is 2.33. The summed E-state index contributed by atoms with van der Waals surface area (Å²) in [6.45, 7) is 0. The van der Waals surface area contributed by atoms with Crippen LogP contribution in [-0.2, 0) is 12.6 Å². The smallest absolute Gasteiger partial charge is 0.419 e. The average molecular weight is 456 g/mol. The van der Waals surface area contributed by atoms with Gasteiger partial charge in [-0.25, -0.2) is 9.50 Å². The second-order valence-corrected chi connectivity index (χ2v) is 7.43. The van der Waals surface area contributed by atoms with Gasteiger partial charge in [-0.15, -0.1) is 10.2 Å². The summed E-state index contributed by atoms with van der Waals surface area (Å²) in [6.07, 6.45) is -4.29. The molecule has 0 radical (unpaired) electrons. The molecule has 160 valence electrons. The summed E-state index contributed by atoms with van der Waals surface area (Å²) in [5.74, 6) is 0.308. The van der Waals surface area contributed by atoms with Crippen LogP contribution in [0.15, 0.2) is 71.1 Å². The van der Waals surface area contributed by atoms with Crippen molar-refractivity contribution in [3.63, 3.8) is 0 Å². The molecule has 0 bridgehead atoms. The van der Waals surface area contributed by atoms with Crippen LogP contribution >= 0.6 is 11.6 Å². The first-order valence-corrected chi connectivity index (χ1v) is 9.85. The van der Waals surface area contributed by atoms with E-state index in [1.165, 1.54) is 6.07 Å². The average Bonchev–Trinajstić information content (AvgIpc) is 3.41. The molecule has 32 heavy (non-hydrogen) atoms. The van der Waals surface area contributed by atoms with Gasteiger partial charge in [0.25, 0.3) is 5.89 Å². The molecule has 3 aromatic heterocycles. The highest BCUT2D eigenvalue weighted by molar-refractivity contribution is 6.30. The van der Waals surface area contributed by atoms with Crippen molar-refractivity contribution < 1.29 is 17.6 Å². The summed E-state index contributed by atoms with van der Waals surface area (Å²) < 4.78 is 47.6. The number of benzene rings is 2. The van der Waals surface area contributed by atoms with Crippen molar-refractivity contribution in [3.8, 4) is 22.8 Å². The molecule has 0 spiro atoms. The number of halogens is 4. The van der Waals surface area contributed by atoms with Gasteiger partial charge >= 0.3 is 6.18 Å². The zero-order chi connectivity index (χ0) is 22.3. The van der Waals surface area contributed by atoms with Crippen LogP contribution in [0.1, 0.15) is 17.1 Å². The quantitative estimate of drug-likeness (QED) is 0.347.